The molecule has 2 heterocycles. The van der Waals surface area contributed by atoms with E-state index in [1.807, 2.05) is 0 Å². The van der Waals surface area contributed by atoms with Gasteiger partial charge in [-0.05, 0) is 30.5 Å². The third-order valence-corrected chi connectivity index (χ3v) is 5.02. The number of amides is 4. The van der Waals surface area contributed by atoms with Crippen LogP contribution in [0.1, 0.15) is 37.7 Å². The number of aromatic nitrogens is 1. The zero-order chi connectivity index (χ0) is 17.2. The summed E-state index contributed by atoms with van der Waals surface area (Å²) < 4.78 is 0. The van der Waals surface area contributed by atoms with Crippen LogP contribution in [0.3, 0.4) is 0 Å². The number of hydrogen-bond acceptors (Lipinski definition) is 4. The molecule has 0 atom stereocenters. The van der Waals surface area contributed by atoms with Crippen LogP contribution in [0.4, 0.5) is 4.79 Å². The van der Waals surface area contributed by atoms with E-state index in [9.17, 15) is 14.4 Å². The summed E-state index contributed by atoms with van der Waals surface area (Å²) in [6.45, 7) is 0.118. The number of nitrogens with zero attached hydrogens (tertiary/aromatic N) is 3. The molecular weight excluding hydrogens is 308 g/mol. The van der Waals surface area contributed by atoms with Gasteiger partial charge in [0.1, 0.15) is 12.1 Å². The second kappa shape index (κ2) is 6.59. The lowest BCUT2D eigenvalue weighted by Gasteiger charge is -2.35. The van der Waals surface area contributed by atoms with Crippen LogP contribution in [0.25, 0.3) is 0 Å². The average Bonchev–Trinajstić information content (AvgIpc) is 2.78. The molecule has 0 bridgehead atoms. The minimum absolute atomic E-state index is 0.227. The van der Waals surface area contributed by atoms with Crippen LogP contribution >= 0.6 is 0 Å². The Kier molecular flexibility index (Phi) is 4.51. The number of rotatable bonds is 4. The van der Waals surface area contributed by atoms with Gasteiger partial charge >= 0.3 is 6.03 Å². The van der Waals surface area contributed by atoms with Crippen LogP contribution in [0.2, 0.25) is 0 Å². The van der Waals surface area contributed by atoms with E-state index in [4.69, 9.17) is 0 Å². The molecule has 1 aromatic heterocycles. The molecule has 1 saturated carbocycles. The van der Waals surface area contributed by atoms with Gasteiger partial charge in [-0.3, -0.25) is 19.5 Å². The Balaban J connectivity index is 1.63. The molecule has 1 aliphatic carbocycles. The number of urea groups is 1. The zero-order valence-electron chi connectivity index (χ0n) is 13.8. The zero-order valence-corrected chi connectivity index (χ0v) is 13.8. The summed E-state index contributed by atoms with van der Waals surface area (Å²) in [6.07, 6.45) is 7.63. The molecule has 3 rings (SSSR count). The number of imide groups is 1. The standard InChI is InChI=1S/C17H22N4O3/c1-20-16(24)21(15(23)17(20)7-3-2-4-8-17)12-14(22)19-11-13-5-9-18-10-6-13/h5-6,9-10H,2-4,7-8,11-12H2,1H3,(H,19,22). The van der Waals surface area contributed by atoms with E-state index in [-0.39, 0.29) is 24.4 Å². The summed E-state index contributed by atoms with van der Waals surface area (Å²) in [4.78, 5) is 43.9. The maximum Gasteiger partial charge on any atom is 0.327 e. The van der Waals surface area contributed by atoms with Crippen LogP contribution in [-0.2, 0) is 16.1 Å². The SMILES string of the molecule is CN1C(=O)N(CC(=O)NCc2ccncc2)C(=O)C12CCCCC2. The lowest BCUT2D eigenvalue weighted by molar-refractivity contribution is -0.137. The fourth-order valence-electron chi connectivity index (χ4n) is 3.57. The van der Waals surface area contributed by atoms with E-state index in [0.29, 0.717) is 19.4 Å². The normalized spacial score (nSPS) is 19.9. The Hall–Kier alpha value is -2.44. The molecule has 2 fully saturated rings. The Bertz CT molecular complexity index is 640. The average molecular weight is 330 g/mol. The van der Waals surface area contributed by atoms with E-state index in [0.717, 1.165) is 29.7 Å². The smallest absolute Gasteiger partial charge is 0.327 e. The Labute approximate surface area is 141 Å². The maximum absolute atomic E-state index is 12.8. The van der Waals surface area contributed by atoms with Gasteiger partial charge < -0.3 is 10.2 Å². The van der Waals surface area contributed by atoms with Crippen molar-refractivity contribution in [1.29, 1.82) is 0 Å². The van der Waals surface area contributed by atoms with Gasteiger partial charge in [0.2, 0.25) is 5.91 Å². The molecule has 0 unspecified atom stereocenters. The van der Waals surface area contributed by atoms with E-state index in [2.05, 4.69) is 10.3 Å². The molecule has 24 heavy (non-hydrogen) atoms. The number of pyridine rings is 1. The van der Waals surface area contributed by atoms with Gasteiger partial charge in [-0.1, -0.05) is 19.3 Å². The molecule has 1 saturated heterocycles. The first-order valence-corrected chi connectivity index (χ1v) is 8.30. The first-order valence-electron chi connectivity index (χ1n) is 8.30. The summed E-state index contributed by atoms with van der Waals surface area (Å²) in [5, 5.41) is 2.74. The highest BCUT2D eigenvalue weighted by Crippen LogP contribution is 2.39. The van der Waals surface area contributed by atoms with Crippen LogP contribution in [0.5, 0.6) is 0 Å². The third-order valence-electron chi connectivity index (χ3n) is 5.02. The van der Waals surface area contributed by atoms with E-state index in [1.165, 1.54) is 4.90 Å². The highest BCUT2D eigenvalue weighted by atomic mass is 16.2. The first kappa shape index (κ1) is 16.4. The number of carbonyl (C=O) groups excluding carboxylic acids is 3. The van der Waals surface area contributed by atoms with E-state index < -0.39 is 5.54 Å². The maximum atomic E-state index is 12.8. The third kappa shape index (κ3) is 2.86. The summed E-state index contributed by atoms with van der Waals surface area (Å²) >= 11 is 0. The van der Waals surface area contributed by atoms with Crippen LogP contribution in [-0.4, -0.2) is 51.8 Å². The molecule has 0 aromatic carbocycles. The fraction of sp³-hybridized carbons (Fsp3) is 0.529. The molecule has 2 aliphatic rings. The molecule has 1 spiro atoms. The fourth-order valence-corrected chi connectivity index (χ4v) is 3.57. The van der Waals surface area contributed by atoms with Gasteiger partial charge in [-0.15, -0.1) is 0 Å². The van der Waals surface area contributed by atoms with Crippen LogP contribution in [0, 0.1) is 0 Å². The molecule has 7 heteroatoms. The highest BCUT2D eigenvalue weighted by Gasteiger charge is 2.55. The Morgan fingerprint density at radius 2 is 1.88 bits per heavy atom. The van der Waals surface area contributed by atoms with Crippen molar-refractivity contribution in [2.75, 3.05) is 13.6 Å². The van der Waals surface area contributed by atoms with Gasteiger partial charge in [-0.25, -0.2) is 4.79 Å². The monoisotopic (exact) mass is 330 g/mol. The minimum Gasteiger partial charge on any atom is -0.350 e. The predicted molar refractivity (Wildman–Crippen MR) is 86.8 cm³/mol. The molecule has 1 aliphatic heterocycles. The van der Waals surface area contributed by atoms with Crippen molar-refractivity contribution in [2.45, 2.75) is 44.2 Å². The molecule has 128 valence electrons. The number of carbonyl (C=O) groups is 3. The molecular formula is C17H22N4O3. The van der Waals surface area contributed by atoms with Crippen LogP contribution in [0.15, 0.2) is 24.5 Å². The predicted octanol–water partition coefficient (Wildman–Crippen LogP) is 1.29. The van der Waals surface area contributed by atoms with Crippen molar-refractivity contribution in [3.8, 4) is 0 Å². The van der Waals surface area contributed by atoms with Crippen LogP contribution < -0.4 is 5.32 Å². The summed E-state index contributed by atoms with van der Waals surface area (Å²) in [6, 6.07) is 3.23. The summed E-state index contributed by atoms with van der Waals surface area (Å²) in [5.41, 5.74) is 0.180. The van der Waals surface area contributed by atoms with E-state index in [1.54, 1.807) is 31.6 Å². The van der Waals surface area contributed by atoms with Gasteiger partial charge in [0.15, 0.2) is 0 Å². The number of hydrogen-bond donors (Lipinski definition) is 1. The highest BCUT2D eigenvalue weighted by molar-refractivity contribution is 6.08. The molecule has 1 N–H and O–H groups in total. The Morgan fingerprint density at radius 3 is 2.54 bits per heavy atom. The van der Waals surface area contributed by atoms with Crippen molar-refractivity contribution >= 4 is 17.8 Å². The van der Waals surface area contributed by atoms with Gasteiger partial charge in [0, 0.05) is 26.0 Å². The lowest BCUT2D eigenvalue weighted by Crippen LogP contribution is -2.49. The largest absolute Gasteiger partial charge is 0.350 e. The second-order valence-electron chi connectivity index (χ2n) is 6.46. The quantitative estimate of drug-likeness (QED) is 0.844. The van der Waals surface area contributed by atoms with Crippen molar-refractivity contribution in [1.82, 2.24) is 20.1 Å². The van der Waals surface area contributed by atoms with Crippen molar-refractivity contribution < 1.29 is 14.4 Å². The molecule has 0 radical (unpaired) electrons. The van der Waals surface area contributed by atoms with Crippen molar-refractivity contribution in [3.05, 3.63) is 30.1 Å². The number of nitrogens with one attached hydrogen (secondary N) is 1. The molecule has 1 aromatic rings. The topological polar surface area (TPSA) is 82.6 Å². The van der Waals surface area contributed by atoms with Gasteiger partial charge in [0.25, 0.3) is 5.91 Å². The Morgan fingerprint density at radius 1 is 1.21 bits per heavy atom. The lowest BCUT2D eigenvalue weighted by atomic mass is 9.81. The summed E-state index contributed by atoms with van der Waals surface area (Å²) in [5.74, 6) is -0.566. The summed E-state index contributed by atoms with van der Waals surface area (Å²) in [7, 11) is 1.67. The van der Waals surface area contributed by atoms with Crippen molar-refractivity contribution in [2.24, 2.45) is 0 Å². The van der Waals surface area contributed by atoms with Gasteiger partial charge in [-0.2, -0.15) is 0 Å². The van der Waals surface area contributed by atoms with Crippen molar-refractivity contribution in [3.63, 3.8) is 0 Å². The van der Waals surface area contributed by atoms with Gasteiger partial charge in [0.05, 0.1) is 0 Å². The minimum atomic E-state index is -0.735. The van der Waals surface area contributed by atoms with E-state index >= 15 is 0 Å². The first-order chi connectivity index (χ1) is 11.5. The number of likely N-dealkylation sites (N-methyl/N-ethyl adjacent to an activating group) is 1. The molecule has 7 nitrogen and oxygen atoms in total. The second-order valence-corrected chi connectivity index (χ2v) is 6.46. The molecule has 4 amide bonds.